The van der Waals surface area contributed by atoms with E-state index < -0.39 is 0 Å². The number of methoxy groups -OCH3 is 1. The van der Waals surface area contributed by atoms with Gasteiger partial charge in [-0.1, -0.05) is 0 Å². The van der Waals surface area contributed by atoms with Crippen LogP contribution in [0.2, 0.25) is 0 Å². The first-order valence-electron chi connectivity index (χ1n) is 6.21. The molecule has 0 aromatic carbocycles. The summed E-state index contributed by atoms with van der Waals surface area (Å²) in [4.78, 5) is 4.17. The maximum absolute atomic E-state index is 5.00. The molecule has 102 valence electrons. The normalized spacial score (nSPS) is 10.8. The largest absolute Gasteiger partial charge is 0.383 e. The number of rotatable bonds is 7. The molecule has 0 spiro atoms. The molecule has 1 N–H and O–H groups in total. The van der Waals surface area contributed by atoms with Crippen LogP contribution in [-0.4, -0.2) is 29.8 Å². The summed E-state index contributed by atoms with van der Waals surface area (Å²) in [6.07, 6.45) is 7.93. The number of nitrogens with one attached hydrogen (secondary N) is 1. The maximum atomic E-state index is 5.00. The summed E-state index contributed by atoms with van der Waals surface area (Å²) in [5, 5.41) is 3.33. The van der Waals surface area contributed by atoms with E-state index in [1.165, 1.54) is 11.1 Å². The van der Waals surface area contributed by atoms with Crippen molar-refractivity contribution in [1.29, 1.82) is 0 Å². The van der Waals surface area contributed by atoms with Crippen LogP contribution < -0.4 is 5.32 Å². The molecule has 2 aromatic rings. The van der Waals surface area contributed by atoms with Gasteiger partial charge in [-0.2, -0.15) is 0 Å². The van der Waals surface area contributed by atoms with Gasteiger partial charge < -0.3 is 14.6 Å². The minimum Gasteiger partial charge on any atom is -0.383 e. The van der Waals surface area contributed by atoms with Gasteiger partial charge in [0, 0.05) is 56.0 Å². The lowest BCUT2D eigenvalue weighted by Crippen LogP contribution is -2.18. The topological polar surface area (TPSA) is 39.1 Å². The van der Waals surface area contributed by atoms with E-state index in [0.29, 0.717) is 0 Å². The molecule has 2 heterocycles. The maximum Gasteiger partial charge on any atom is 0.0587 e. The van der Waals surface area contributed by atoms with Gasteiger partial charge in [0.1, 0.15) is 0 Å². The lowest BCUT2D eigenvalue weighted by molar-refractivity contribution is 0.199. The van der Waals surface area contributed by atoms with E-state index in [-0.39, 0.29) is 0 Å². The molecule has 0 aliphatic carbocycles. The van der Waals surface area contributed by atoms with Crippen LogP contribution in [0.1, 0.15) is 11.1 Å². The standard InChI is InChI=1S/C14H18BrN3O/c1-19-5-3-16-7-12-2-4-18(10-12)11-13-6-14(15)9-17-8-13/h2,4,6,8-10,16H,3,5,7,11H2,1H3. The zero-order chi connectivity index (χ0) is 13.5. The lowest BCUT2D eigenvalue weighted by atomic mass is 10.3. The van der Waals surface area contributed by atoms with Crippen LogP contribution in [0.25, 0.3) is 0 Å². The summed E-state index contributed by atoms with van der Waals surface area (Å²) in [5.41, 5.74) is 2.46. The van der Waals surface area contributed by atoms with Gasteiger partial charge in [-0.3, -0.25) is 4.98 Å². The highest BCUT2D eigenvalue weighted by Gasteiger charge is 1.99. The van der Waals surface area contributed by atoms with Crippen molar-refractivity contribution in [2.45, 2.75) is 13.1 Å². The van der Waals surface area contributed by atoms with Crippen LogP contribution in [0.15, 0.2) is 41.4 Å². The fourth-order valence-electron chi connectivity index (χ4n) is 1.85. The summed E-state index contributed by atoms with van der Waals surface area (Å²) in [6, 6.07) is 4.22. The molecule has 4 nitrogen and oxygen atoms in total. The van der Waals surface area contributed by atoms with Gasteiger partial charge >= 0.3 is 0 Å². The predicted octanol–water partition coefficient (Wildman–Crippen LogP) is 2.43. The molecule has 0 radical (unpaired) electrons. The van der Waals surface area contributed by atoms with Gasteiger partial charge in [0.2, 0.25) is 0 Å². The van der Waals surface area contributed by atoms with Crippen molar-refractivity contribution in [3.63, 3.8) is 0 Å². The number of hydrogen-bond acceptors (Lipinski definition) is 3. The highest BCUT2D eigenvalue weighted by Crippen LogP contribution is 2.11. The average molecular weight is 324 g/mol. The van der Waals surface area contributed by atoms with Crippen LogP contribution in [0, 0.1) is 0 Å². The monoisotopic (exact) mass is 323 g/mol. The summed E-state index contributed by atoms with van der Waals surface area (Å²) in [5.74, 6) is 0. The predicted molar refractivity (Wildman–Crippen MR) is 79.1 cm³/mol. The highest BCUT2D eigenvalue weighted by atomic mass is 79.9. The number of aromatic nitrogens is 2. The molecule has 0 aliphatic heterocycles. The minimum atomic E-state index is 0.740. The van der Waals surface area contributed by atoms with Gasteiger partial charge in [-0.05, 0) is 39.2 Å². The Kier molecular flexibility index (Phi) is 5.57. The van der Waals surface area contributed by atoms with Crippen molar-refractivity contribution >= 4 is 15.9 Å². The van der Waals surface area contributed by atoms with Crippen molar-refractivity contribution in [2.75, 3.05) is 20.3 Å². The Morgan fingerprint density at radius 2 is 2.26 bits per heavy atom. The Hall–Kier alpha value is -1.17. The summed E-state index contributed by atoms with van der Waals surface area (Å²) < 4.78 is 8.17. The van der Waals surface area contributed by atoms with Crippen LogP contribution in [0.4, 0.5) is 0 Å². The van der Waals surface area contributed by atoms with Crippen molar-refractivity contribution < 1.29 is 4.74 Å². The van der Waals surface area contributed by atoms with E-state index in [1.54, 1.807) is 13.3 Å². The SMILES string of the molecule is COCCNCc1ccn(Cc2cncc(Br)c2)c1. The Balaban J connectivity index is 1.87. The van der Waals surface area contributed by atoms with E-state index in [0.717, 1.165) is 30.7 Å². The Labute approximate surface area is 121 Å². The van der Waals surface area contributed by atoms with Gasteiger partial charge in [0.25, 0.3) is 0 Å². The van der Waals surface area contributed by atoms with Crippen LogP contribution in [0.3, 0.4) is 0 Å². The molecule has 0 amide bonds. The van der Waals surface area contributed by atoms with Gasteiger partial charge in [0.05, 0.1) is 6.61 Å². The molecule has 0 unspecified atom stereocenters. The molecule has 5 heteroatoms. The molecular weight excluding hydrogens is 306 g/mol. The average Bonchev–Trinajstić information content (AvgIpc) is 2.82. The molecule has 0 saturated carbocycles. The number of nitrogens with zero attached hydrogens (tertiary/aromatic N) is 2. The van der Waals surface area contributed by atoms with Crippen molar-refractivity contribution in [1.82, 2.24) is 14.9 Å². The van der Waals surface area contributed by atoms with E-state index in [9.17, 15) is 0 Å². The zero-order valence-corrected chi connectivity index (χ0v) is 12.6. The first-order chi connectivity index (χ1) is 9.28. The number of hydrogen-bond donors (Lipinski definition) is 1. The summed E-state index contributed by atoms with van der Waals surface area (Å²) in [7, 11) is 1.71. The van der Waals surface area contributed by atoms with Crippen LogP contribution in [0.5, 0.6) is 0 Å². The molecular formula is C14H18BrN3O. The first-order valence-corrected chi connectivity index (χ1v) is 7.01. The molecule has 0 fully saturated rings. The molecule has 19 heavy (non-hydrogen) atoms. The second-order valence-electron chi connectivity index (χ2n) is 4.37. The smallest absolute Gasteiger partial charge is 0.0587 e. The van der Waals surface area contributed by atoms with E-state index >= 15 is 0 Å². The van der Waals surface area contributed by atoms with E-state index in [1.807, 2.05) is 6.20 Å². The third-order valence-electron chi connectivity index (χ3n) is 2.75. The summed E-state index contributed by atoms with van der Waals surface area (Å²) >= 11 is 3.44. The Morgan fingerprint density at radius 1 is 1.37 bits per heavy atom. The third-order valence-corrected chi connectivity index (χ3v) is 3.18. The summed E-state index contributed by atoms with van der Waals surface area (Å²) in [6.45, 7) is 3.32. The lowest BCUT2D eigenvalue weighted by Gasteiger charge is -2.04. The van der Waals surface area contributed by atoms with Crippen molar-refractivity contribution in [2.24, 2.45) is 0 Å². The molecule has 2 aromatic heterocycles. The van der Waals surface area contributed by atoms with E-state index in [2.05, 4.69) is 55.3 Å². The molecule has 0 atom stereocenters. The Bertz CT molecular complexity index is 513. The van der Waals surface area contributed by atoms with E-state index in [4.69, 9.17) is 4.74 Å². The fourth-order valence-corrected chi connectivity index (χ4v) is 2.27. The second-order valence-corrected chi connectivity index (χ2v) is 5.29. The number of ether oxygens (including phenoxy) is 1. The molecule has 0 saturated heterocycles. The molecule has 0 aliphatic rings. The number of halogens is 1. The van der Waals surface area contributed by atoms with Crippen molar-refractivity contribution in [3.8, 4) is 0 Å². The van der Waals surface area contributed by atoms with Crippen LogP contribution in [-0.2, 0) is 17.8 Å². The van der Waals surface area contributed by atoms with Gasteiger partial charge in [-0.15, -0.1) is 0 Å². The Morgan fingerprint density at radius 3 is 3.05 bits per heavy atom. The minimum absolute atomic E-state index is 0.740. The fraction of sp³-hybridized carbons (Fsp3) is 0.357. The molecule has 0 bridgehead atoms. The second kappa shape index (κ2) is 7.43. The molecule has 2 rings (SSSR count). The van der Waals surface area contributed by atoms with Gasteiger partial charge in [-0.25, -0.2) is 0 Å². The van der Waals surface area contributed by atoms with Gasteiger partial charge in [0.15, 0.2) is 0 Å². The number of pyridine rings is 1. The third kappa shape index (κ3) is 4.78. The van der Waals surface area contributed by atoms with Crippen molar-refractivity contribution in [3.05, 3.63) is 52.5 Å². The zero-order valence-electron chi connectivity index (χ0n) is 11.0. The van der Waals surface area contributed by atoms with Crippen LogP contribution >= 0.6 is 15.9 Å². The highest BCUT2D eigenvalue weighted by molar-refractivity contribution is 9.10. The quantitative estimate of drug-likeness (QED) is 0.795. The first kappa shape index (κ1) is 14.2.